The molecule has 0 aromatic carbocycles. The van der Waals surface area contributed by atoms with Gasteiger partial charge in [-0.3, -0.25) is 9.69 Å². The van der Waals surface area contributed by atoms with Crippen molar-refractivity contribution in [1.29, 1.82) is 0 Å². The monoisotopic (exact) mass is 250 g/mol. The van der Waals surface area contributed by atoms with Crippen molar-refractivity contribution in [3.63, 3.8) is 0 Å². The molecule has 0 aliphatic carbocycles. The first-order valence-corrected chi connectivity index (χ1v) is 6.94. The average molecular weight is 250 g/mol. The van der Waals surface area contributed by atoms with E-state index in [1.54, 1.807) is 0 Å². The molecule has 3 nitrogen and oxygen atoms in total. The highest BCUT2D eigenvalue weighted by Gasteiger charge is 2.16. The smallest absolute Gasteiger partial charge is 0.193 e. The van der Waals surface area contributed by atoms with Crippen LogP contribution in [0.1, 0.15) is 50.5 Å². The first-order valence-electron chi connectivity index (χ1n) is 6.94. The van der Waals surface area contributed by atoms with Crippen LogP contribution in [0.2, 0.25) is 0 Å². The van der Waals surface area contributed by atoms with Crippen molar-refractivity contribution in [2.24, 2.45) is 7.05 Å². The molecule has 0 aliphatic rings. The lowest BCUT2D eigenvalue weighted by molar-refractivity contribution is 0.0895. The topological polar surface area (TPSA) is 25.2 Å². The molecule has 3 heteroatoms. The summed E-state index contributed by atoms with van der Waals surface area (Å²) in [4.78, 5) is 14.5. The van der Waals surface area contributed by atoms with Gasteiger partial charge in [-0.2, -0.15) is 0 Å². The summed E-state index contributed by atoms with van der Waals surface area (Å²) in [5.41, 5.74) is 0.802. The van der Waals surface area contributed by atoms with Gasteiger partial charge in [-0.05, 0) is 38.9 Å². The Morgan fingerprint density at radius 3 is 2.61 bits per heavy atom. The Morgan fingerprint density at radius 2 is 2.11 bits per heavy atom. The second-order valence-corrected chi connectivity index (χ2v) is 5.20. The number of unbranched alkanes of at least 4 members (excludes halogenated alkanes) is 2. The molecule has 0 saturated heterocycles. The predicted octanol–water partition coefficient (Wildman–Crippen LogP) is 3.11. The Hall–Kier alpha value is -1.09. The molecule has 0 saturated carbocycles. The van der Waals surface area contributed by atoms with Gasteiger partial charge in [-0.25, -0.2) is 0 Å². The van der Waals surface area contributed by atoms with Crippen LogP contribution >= 0.6 is 0 Å². The lowest BCUT2D eigenvalue weighted by atomic mass is 10.2. The molecule has 0 N–H and O–H groups in total. The molecule has 1 aromatic rings. The molecule has 0 fully saturated rings. The van der Waals surface area contributed by atoms with E-state index in [2.05, 4.69) is 25.7 Å². The number of hydrogen-bond donors (Lipinski definition) is 0. The van der Waals surface area contributed by atoms with Crippen LogP contribution in [0.25, 0.3) is 0 Å². The summed E-state index contributed by atoms with van der Waals surface area (Å²) >= 11 is 0. The minimum atomic E-state index is 0.215. The fraction of sp³-hybridized carbons (Fsp3) is 0.667. The maximum Gasteiger partial charge on any atom is 0.193 e. The van der Waals surface area contributed by atoms with Gasteiger partial charge in [0.1, 0.15) is 0 Å². The molecule has 0 atom stereocenters. The molecule has 1 aromatic heterocycles. The van der Waals surface area contributed by atoms with E-state index in [0.29, 0.717) is 12.6 Å². The molecule has 0 aliphatic heterocycles. The number of ketones is 1. The number of hydrogen-bond acceptors (Lipinski definition) is 2. The SMILES string of the molecule is CCCCCN(CC(=O)c1cccn1C)C(C)C. The van der Waals surface area contributed by atoms with Crippen LogP contribution in [0.5, 0.6) is 0 Å². The van der Waals surface area contributed by atoms with Gasteiger partial charge in [0.05, 0.1) is 12.2 Å². The zero-order chi connectivity index (χ0) is 13.5. The Bertz CT molecular complexity index is 368. The molecular weight excluding hydrogens is 224 g/mol. The number of carbonyl (C=O) groups excluding carboxylic acids is 1. The Balaban J connectivity index is 2.55. The summed E-state index contributed by atoms with van der Waals surface area (Å²) in [6.45, 7) is 8.06. The number of rotatable bonds is 8. The molecule has 18 heavy (non-hydrogen) atoms. The van der Waals surface area contributed by atoms with Crippen molar-refractivity contribution >= 4 is 5.78 Å². The van der Waals surface area contributed by atoms with Gasteiger partial charge >= 0.3 is 0 Å². The third-order valence-corrected chi connectivity index (χ3v) is 3.36. The molecular formula is C15H26N2O. The van der Waals surface area contributed by atoms with Crippen LogP contribution < -0.4 is 0 Å². The minimum absolute atomic E-state index is 0.215. The molecule has 0 amide bonds. The van der Waals surface area contributed by atoms with E-state index in [4.69, 9.17) is 0 Å². The van der Waals surface area contributed by atoms with Gasteiger partial charge < -0.3 is 4.57 Å². The van der Waals surface area contributed by atoms with Crippen molar-refractivity contribution in [3.05, 3.63) is 24.0 Å². The normalized spacial score (nSPS) is 11.4. The first kappa shape index (κ1) is 15.0. The van der Waals surface area contributed by atoms with Gasteiger partial charge in [-0.15, -0.1) is 0 Å². The van der Waals surface area contributed by atoms with E-state index in [9.17, 15) is 4.79 Å². The second-order valence-electron chi connectivity index (χ2n) is 5.20. The fourth-order valence-corrected chi connectivity index (χ4v) is 2.10. The zero-order valence-corrected chi connectivity index (χ0v) is 12.1. The van der Waals surface area contributed by atoms with Gasteiger partial charge in [0, 0.05) is 19.3 Å². The van der Waals surface area contributed by atoms with Crippen molar-refractivity contribution in [3.8, 4) is 0 Å². The molecule has 0 unspecified atom stereocenters. The fourth-order valence-electron chi connectivity index (χ4n) is 2.10. The second kappa shape index (κ2) is 7.37. The third-order valence-electron chi connectivity index (χ3n) is 3.36. The van der Waals surface area contributed by atoms with Gasteiger partial charge in [0.2, 0.25) is 0 Å². The van der Waals surface area contributed by atoms with Crippen LogP contribution in [0.4, 0.5) is 0 Å². The van der Waals surface area contributed by atoms with Crippen LogP contribution in [0.15, 0.2) is 18.3 Å². The first-order chi connectivity index (χ1) is 8.56. The molecule has 0 spiro atoms. The van der Waals surface area contributed by atoms with Crippen LogP contribution in [0.3, 0.4) is 0 Å². The van der Waals surface area contributed by atoms with Gasteiger partial charge in [0.25, 0.3) is 0 Å². The number of Topliss-reactive ketones (excluding diaryl/α,β-unsaturated/α-hetero) is 1. The maximum absolute atomic E-state index is 12.2. The highest BCUT2D eigenvalue weighted by Crippen LogP contribution is 2.07. The van der Waals surface area contributed by atoms with Crippen molar-refractivity contribution in [2.45, 2.75) is 46.1 Å². The molecule has 102 valence electrons. The van der Waals surface area contributed by atoms with Crippen molar-refractivity contribution in [2.75, 3.05) is 13.1 Å². The third kappa shape index (κ3) is 4.30. The summed E-state index contributed by atoms with van der Waals surface area (Å²) in [7, 11) is 1.92. The highest BCUT2D eigenvalue weighted by molar-refractivity contribution is 5.96. The Labute approximate surface area is 111 Å². The summed E-state index contributed by atoms with van der Waals surface area (Å²) in [5, 5.41) is 0. The minimum Gasteiger partial charge on any atom is -0.348 e. The summed E-state index contributed by atoms with van der Waals surface area (Å²) in [6.07, 6.45) is 5.55. The van der Waals surface area contributed by atoms with Crippen LogP contribution in [-0.4, -0.2) is 34.4 Å². The Morgan fingerprint density at radius 1 is 1.39 bits per heavy atom. The molecule has 0 radical (unpaired) electrons. The quantitative estimate of drug-likeness (QED) is 0.523. The highest BCUT2D eigenvalue weighted by atomic mass is 16.1. The lowest BCUT2D eigenvalue weighted by Gasteiger charge is -2.25. The van der Waals surface area contributed by atoms with Gasteiger partial charge in [0.15, 0.2) is 5.78 Å². The summed E-state index contributed by atoms with van der Waals surface area (Å²) in [5.74, 6) is 0.215. The largest absolute Gasteiger partial charge is 0.348 e. The number of nitrogens with zero attached hydrogens (tertiary/aromatic N) is 2. The van der Waals surface area contributed by atoms with E-state index in [1.165, 1.54) is 19.3 Å². The van der Waals surface area contributed by atoms with Crippen LogP contribution in [0, 0.1) is 0 Å². The average Bonchev–Trinajstić information content (AvgIpc) is 2.74. The summed E-state index contributed by atoms with van der Waals surface area (Å²) in [6, 6.07) is 4.24. The van der Waals surface area contributed by atoms with E-state index in [-0.39, 0.29) is 5.78 Å². The van der Waals surface area contributed by atoms with Gasteiger partial charge in [-0.1, -0.05) is 19.8 Å². The van der Waals surface area contributed by atoms with E-state index in [0.717, 1.165) is 12.2 Å². The summed E-state index contributed by atoms with van der Waals surface area (Å²) < 4.78 is 1.90. The predicted molar refractivity (Wildman–Crippen MR) is 76.0 cm³/mol. The van der Waals surface area contributed by atoms with E-state index < -0.39 is 0 Å². The van der Waals surface area contributed by atoms with Crippen molar-refractivity contribution in [1.82, 2.24) is 9.47 Å². The number of aromatic nitrogens is 1. The molecule has 1 heterocycles. The van der Waals surface area contributed by atoms with Crippen LogP contribution in [-0.2, 0) is 7.05 Å². The zero-order valence-electron chi connectivity index (χ0n) is 12.1. The molecule has 0 bridgehead atoms. The van der Waals surface area contributed by atoms with E-state index in [1.807, 2.05) is 29.9 Å². The number of aryl methyl sites for hydroxylation is 1. The number of carbonyl (C=O) groups is 1. The molecule has 1 rings (SSSR count). The maximum atomic E-state index is 12.2. The van der Waals surface area contributed by atoms with E-state index >= 15 is 0 Å². The standard InChI is InChI=1S/C15H26N2O/c1-5-6-7-11-17(13(2)3)12-15(18)14-9-8-10-16(14)4/h8-10,13H,5-7,11-12H2,1-4H3. The Kier molecular flexibility index (Phi) is 6.13. The van der Waals surface area contributed by atoms with Crippen molar-refractivity contribution < 1.29 is 4.79 Å². The lowest BCUT2D eigenvalue weighted by Crippen LogP contribution is -2.37.